The summed E-state index contributed by atoms with van der Waals surface area (Å²) in [5.41, 5.74) is 0.866. The van der Waals surface area contributed by atoms with Gasteiger partial charge in [-0.3, -0.25) is 4.79 Å². The lowest BCUT2D eigenvalue weighted by Crippen LogP contribution is -2.50. The molecule has 1 N–H and O–H groups in total. The maximum absolute atomic E-state index is 12.9. The number of hydrogen-bond donors (Lipinski definition) is 1. The molecule has 2 heterocycles. The number of amides is 1. The predicted molar refractivity (Wildman–Crippen MR) is 118 cm³/mol. The van der Waals surface area contributed by atoms with Crippen molar-refractivity contribution in [3.63, 3.8) is 0 Å². The monoisotopic (exact) mass is 449 g/mol. The van der Waals surface area contributed by atoms with Crippen molar-refractivity contribution in [2.45, 2.75) is 38.3 Å². The Morgan fingerprint density at radius 3 is 2.48 bits per heavy atom. The summed E-state index contributed by atoms with van der Waals surface area (Å²) in [7, 11) is -1.28. The van der Waals surface area contributed by atoms with Crippen LogP contribution in [0, 0.1) is 0 Å². The van der Waals surface area contributed by atoms with Gasteiger partial charge in [0.05, 0.1) is 11.8 Å². The second kappa shape index (κ2) is 9.50. The molecule has 3 rings (SSSR count). The Labute approximate surface area is 184 Å². The molecule has 1 aromatic carbocycles. The van der Waals surface area contributed by atoms with Gasteiger partial charge < -0.3 is 15.0 Å². The molecule has 8 nitrogen and oxygen atoms in total. The van der Waals surface area contributed by atoms with E-state index < -0.39 is 21.6 Å². The molecule has 31 heavy (non-hydrogen) atoms. The minimum atomic E-state index is -3.31. The molecule has 0 atom stereocenters. The fraction of sp³-hybridized carbons (Fsp3) is 0.545. The summed E-state index contributed by atoms with van der Waals surface area (Å²) in [6, 6.07) is 10.2. The summed E-state index contributed by atoms with van der Waals surface area (Å²) in [5, 5.41) is 2.92. The number of nitrogens with one attached hydrogen (secondary N) is 1. The second-order valence-electron chi connectivity index (χ2n) is 8.38. The van der Waals surface area contributed by atoms with E-state index in [1.165, 1.54) is 9.87 Å². The lowest BCUT2D eigenvalue weighted by Gasteiger charge is -2.38. The quantitative estimate of drug-likeness (QED) is 0.475. The predicted octanol–water partition coefficient (Wildman–Crippen LogP) is 1.29. The van der Waals surface area contributed by atoms with Gasteiger partial charge in [0, 0.05) is 44.6 Å². The van der Waals surface area contributed by atoms with Crippen LogP contribution in [-0.2, 0) is 30.9 Å². The Kier molecular flexibility index (Phi) is 7.18. The van der Waals surface area contributed by atoms with Crippen molar-refractivity contribution in [3.8, 4) is 0 Å². The van der Waals surface area contributed by atoms with Crippen LogP contribution in [0.3, 0.4) is 0 Å². The van der Waals surface area contributed by atoms with Crippen LogP contribution in [0.4, 0.5) is 0 Å². The van der Waals surface area contributed by atoms with Crippen LogP contribution in [0.2, 0.25) is 0 Å². The molecular weight excluding hydrogens is 418 g/mol. The van der Waals surface area contributed by atoms with Gasteiger partial charge in [-0.15, -0.1) is 0 Å². The van der Waals surface area contributed by atoms with Gasteiger partial charge in [-0.1, -0.05) is 30.3 Å². The molecule has 1 saturated heterocycles. The van der Waals surface area contributed by atoms with Gasteiger partial charge in [-0.25, -0.2) is 17.5 Å². The lowest BCUT2D eigenvalue weighted by atomic mass is 9.83. The molecule has 170 valence electrons. The van der Waals surface area contributed by atoms with Crippen LogP contribution < -0.4 is 5.32 Å². The number of esters is 1. The van der Waals surface area contributed by atoms with E-state index >= 15 is 0 Å². The highest BCUT2D eigenvalue weighted by Gasteiger charge is 2.51. The van der Waals surface area contributed by atoms with Crippen LogP contribution in [-0.4, -0.2) is 74.6 Å². The molecule has 1 aromatic rings. The van der Waals surface area contributed by atoms with Crippen molar-refractivity contribution in [1.82, 2.24) is 14.5 Å². The first-order valence-corrected chi connectivity index (χ1v) is 12.4. The number of sulfonamides is 1. The van der Waals surface area contributed by atoms with E-state index in [1.807, 2.05) is 25.2 Å². The molecule has 0 aromatic heterocycles. The summed E-state index contributed by atoms with van der Waals surface area (Å²) in [4.78, 5) is 27.4. The first kappa shape index (κ1) is 23.4. The van der Waals surface area contributed by atoms with E-state index in [4.69, 9.17) is 4.74 Å². The van der Waals surface area contributed by atoms with Crippen molar-refractivity contribution < 1.29 is 22.7 Å². The fourth-order valence-corrected chi connectivity index (χ4v) is 5.12. The number of benzene rings is 1. The molecule has 2 aliphatic rings. The third-order valence-corrected chi connectivity index (χ3v) is 7.25. The molecule has 0 unspecified atom stereocenters. The summed E-state index contributed by atoms with van der Waals surface area (Å²) in [6.07, 6.45) is 2.50. The maximum atomic E-state index is 12.9. The Hall–Kier alpha value is -2.23. The molecule has 0 aliphatic carbocycles. The fourth-order valence-electron chi connectivity index (χ4n) is 4.27. The number of piperidine rings is 1. The Bertz CT molecular complexity index is 951. The zero-order valence-corrected chi connectivity index (χ0v) is 19.2. The normalized spacial score (nSPS) is 19.2. The van der Waals surface area contributed by atoms with E-state index in [2.05, 4.69) is 22.3 Å². The van der Waals surface area contributed by atoms with Gasteiger partial charge in [-0.2, -0.15) is 0 Å². The van der Waals surface area contributed by atoms with E-state index in [1.54, 1.807) is 6.92 Å². The molecule has 0 radical (unpaired) electrons. The van der Waals surface area contributed by atoms with Crippen LogP contribution in [0.5, 0.6) is 0 Å². The number of carbonyl (C=O) groups excluding carboxylic acids is 2. The number of ether oxygens (including phenoxy) is 1. The lowest BCUT2D eigenvalue weighted by molar-refractivity contribution is -0.150. The molecule has 0 bridgehead atoms. The third kappa shape index (κ3) is 5.53. The van der Waals surface area contributed by atoms with E-state index in [9.17, 15) is 18.0 Å². The van der Waals surface area contributed by atoms with Crippen molar-refractivity contribution >= 4 is 21.9 Å². The standard InChI is InChI=1S/C22H31N3O5S/c1-17-19(22(30-21(17)27)10-14-25(15-11-22)31(3,28)29)20(26)23-12-7-13-24(2)16-18-8-5-4-6-9-18/h4-6,8-9H,7,10-16H2,1-3H3,(H,23,26). The Morgan fingerprint density at radius 2 is 1.87 bits per heavy atom. The first-order valence-electron chi connectivity index (χ1n) is 10.5. The number of rotatable bonds is 8. The summed E-state index contributed by atoms with van der Waals surface area (Å²) in [5.74, 6) is -0.803. The molecule has 1 spiro atoms. The van der Waals surface area contributed by atoms with E-state index in [0.717, 1.165) is 25.8 Å². The average Bonchev–Trinajstić information content (AvgIpc) is 2.95. The van der Waals surface area contributed by atoms with E-state index in [-0.39, 0.29) is 31.8 Å². The van der Waals surface area contributed by atoms with Gasteiger partial charge in [-0.05, 0) is 32.5 Å². The first-order chi connectivity index (χ1) is 14.6. The van der Waals surface area contributed by atoms with Crippen molar-refractivity contribution in [2.75, 3.05) is 39.5 Å². The van der Waals surface area contributed by atoms with Crippen molar-refractivity contribution in [1.29, 1.82) is 0 Å². The Balaban J connectivity index is 1.54. The average molecular weight is 450 g/mol. The highest BCUT2D eigenvalue weighted by Crippen LogP contribution is 2.41. The van der Waals surface area contributed by atoms with Gasteiger partial charge >= 0.3 is 5.97 Å². The van der Waals surface area contributed by atoms with Crippen molar-refractivity contribution in [2.24, 2.45) is 0 Å². The number of hydrogen-bond acceptors (Lipinski definition) is 6. The largest absolute Gasteiger partial charge is 0.450 e. The van der Waals surface area contributed by atoms with Gasteiger partial charge in [0.25, 0.3) is 5.91 Å². The molecule has 1 fully saturated rings. The molecule has 2 aliphatic heterocycles. The second-order valence-corrected chi connectivity index (χ2v) is 10.4. The minimum absolute atomic E-state index is 0.223. The van der Waals surface area contributed by atoms with E-state index in [0.29, 0.717) is 17.7 Å². The summed E-state index contributed by atoms with van der Waals surface area (Å²) in [6.45, 7) is 4.18. The van der Waals surface area contributed by atoms with Gasteiger partial charge in [0.2, 0.25) is 10.0 Å². The number of carbonyl (C=O) groups is 2. The topological polar surface area (TPSA) is 96.0 Å². The summed E-state index contributed by atoms with van der Waals surface area (Å²) < 4.78 is 30.6. The number of nitrogens with zero attached hydrogens (tertiary/aromatic N) is 2. The molecular formula is C22H31N3O5S. The van der Waals surface area contributed by atoms with Crippen molar-refractivity contribution in [3.05, 3.63) is 47.0 Å². The maximum Gasteiger partial charge on any atom is 0.335 e. The minimum Gasteiger partial charge on any atom is -0.450 e. The Morgan fingerprint density at radius 1 is 1.23 bits per heavy atom. The highest BCUT2D eigenvalue weighted by molar-refractivity contribution is 7.88. The third-order valence-electron chi connectivity index (χ3n) is 5.95. The van der Waals surface area contributed by atoms with Gasteiger partial charge in [0.15, 0.2) is 0 Å². The zero-order valence-electron chi connectivity index (χ0n) is 18.4. The SMILES string of the molecule is CC1=C(C(=O)NCCCN(C)Cc2ccccc2)C2(CCN(S(C)(=O)=O)CC2)OC1=O. The highest BCUT2D eigenvalue weighted by atomic mass is 32.2. The molecule has 0 saturated carbocycles. The van der Waals surface area contributed by atoms with Crippen LogP contribution in [0.1, 0.15) is 31.7 Å². The van der Waals surface area contributed by atoms with Crippen LogP contribution in [0.25, 0.3) is 0 Å². The zero-order chi connectivity index (χ0) is 22.6. The van der Waals surface area contributed by atoms with Crippen LogP contribution >= 0.6 is 0 Å². The summed E-state index contributed by atoms with van der Waals surface area (Å²) >= 11 is 0. The van der Waals surface area contributed by atoms with Gasteiger partial charge in [0.1, 0.15) is 5.60 Å². The van der Waals surface area contributed by atoms with Crippen LogP contribution in [0.15, 0.2) is 41.5 Å². The smallest absolute Gasteiger partial charge is 0.335 e. The molecule has 9 heteroatoms. The molecule has 1 amide bonds.